The number of methoxy groups -OCH3 is 2. The van der Waals surface area contributed by atoms with Crippen LogP contribution in [0, 0.1) is 0 Å². The minimum Gasteiger partial charge on any atom is -0.495 e. The largest absolute Gasteiger partial charge is 0.495 e. The number of hydrogen-bond donors (Lipinski definition) is 3. The lowest BCUT2D eigenvalue weighted by Gasteiger charge is -2.12. The van der Waals surface area contributed by atoms with Gasteiger partial charge < -0.3 is 20.9 Å². The van der Waals surface area contributed by atoms with Gasteiger partial charge in [0.2, 0.25) is 0 Å². The van der Waals surface area contributed by atoms with Crippen molar-refractivity contribution in [2.24, 2.45) is 5.73 Å². The summed E-state index contributed by atoms with van der Waals surface area (Å²) in [4.78, 5) is 10.3. The SMILES string of the molecule is COc1cc(OC)c(S(=O)(=O)NC(N)=O)cc1N. The summed E-state index contributed by atoms with van der Waals surface area (Å²) >= 11 is 0. The van der Waals surface area contributed by atoms with Crippen LogP contribution in [-0.2, 0) is 10.0 Å². The molecular weight excluding hydrogens is 262 g/mol. The van der Waals surface area contributed by atoms with Crippen LogP contribution in [0.1, 0.15) is 0 Å². The molecule has 0 aliphatic heterocycles. The third-order valence-electron chi connectivity index (χ3n) is 2.04. The number of primary amides is 1. The van der Waals surface area contributed by atoms with Crippen molar-refractivity contribution in [3.8, 4) is 11.5 Å². The molecule has 0 saturated carbocycles. The Morgan fingerprint density at radius 2 is 1.78 bits per heavy atom. The van der Waals surface area contributed by atoms with Gasteiger partial charge in [-0.2, -0.15) is 0 Å². The zero-order valence-electron chi connectivity index (χ0n) is 9.76. The number of rotatable bonds is 4. The molecule has 2 amide bonds. The number of ether oxygens (including phenoxy) is 2. The van der Waals surface area contributed by atoms with Crippen LogP contribution in [0.2, 0.25) is 0 Å². The first-order valence-corrected chi connectivity index (χ1v) is 6.14. The monoisotopic (exact) mass is 275 g/mol. The molecule has 5 N–H and O–H groups in total. The Bertz CT molecular complexity index is 570. The maximum absolute atomic E-state index is 11.8. The number of carbonyl (C=O) groups excluding carboxylic acids is 1. The topological polar surface area (TPSA) is 134 Å². The van der Waals surface area contributed by atoms with Gasteiger partial charge in [-0.25, -0.2) is 17.9 Å². The zero-order chi connectivity index (χ0) is 13.9. The fourth-order valence-corrected chi connectivity index (χ4v) is 2.35. The van der Waals surface area contributed by atoms with Gasteiger partial charge in [0.05, 0.1) is 19.9 Å². The highest BCUT2D eigenvalue weighted by molar-refractivity contribution is 7.90. The first kappa shape index (κ1) is 13.9. The summed E-state index contributed by atoms with van der Waals surface area (Å²) in [6.45, 7) is 0. The predicted molar refractivity (Wildman–Crippen MR) is 63.9 cm³/mol. The Hall–Kier alpha value is -2.16. The van der Waals surface area contributed by atoms with Gasteiger partial charge in [0.15, 0.2) is 0 Å². The third-order valence-corrected chi connectivity index (χ3v) is 3.41. The van der Waals surface area contributed by atoms with E-state index in [2.05, 4.69) is 0 Å². The number of hydrogen-bond acceptors (Lipinski definition) is 6. The summed E-state index contributed by atoms with van der Waals surface area (Å²) in [5.41, 5.74) is 10.5. The lowest BCUT2D eigenvalue weighted by Crippen LogP contribution is -2.35. The van der Waals surface area contributed by atoms with Crippen molar-refractivity contribution in [2.45, 2.75) is 4.90 Å². The molecule has 1 aromatic carbocycles. The number of anilines is 1. The second kappa shape index (κ2) is 5.00. The predicted octanol–water partition coefficient (Wildman–Crippen LogP) is -0.357. The van der Waals surface area contributed by atoms with Gasteiger partial charge in [0, 0.05) is 6.07 Å². The van der Waals surface area contributed by atoms with Crippen LogP contribution in [0.15, 0.2) is 17.0 Å². The average Bonchev–Trinajstić information content (AvgIpc) is 2.27. The van der Waals surface area contributed by atoms with Gasteiger partial charge in [-0.15, -0.1) is 0 Å². The quantitative estimate of drug-likeness (QED) is 0.642. The highest BCUT2D eigenvalue weighted by Crippen LogP contribution is 2.33. The summed E-state index contributed by atoms with van der Waals surface area (Å²) in [5, 5.41) is 0. The van der Waals surface area contributed by atoms with E-state index in [4.69, 9.17) is 20.9 Å². The number of amides is 2. The smallest absolute Gasteiger partial charge is 0.326 e. The minimum atomic E-state index is -4.13. The van der Waals surface area contributed by atoms with Crippen molar-refractivity contribution >= 4 is 21.7 Å². The third kappa shape index (κ3) is 2.74. The van der Waals surface area contributed by atoms with Gasteiger partial charge in [-0.05, 0) is 6.07 Å². The molecule has 8 nitrogen and oxygen atoms in total. The standard InChI is InChI=1S/C9H13N3O5S/c1-16-6-4-7(17-2)8(3-5(6)10)18(14,15)12-9(11)13/h3-4H,10H2,1-2H3,(H3,11,12,13). The minimum absolute atomic E-state index is 0.0187. The van der Waals surface area contributed by atoms with Crippen molar-refractivity contribution in [1.29, 1.82) is 0 Å². The normalized spacial score (nSPS) is 10.8. The van der Waals surface area contributed by atoms with E-state index in [0.29, 0.717) is 0 Å². The van der Waals surface area contributed by atoms with Crippen LogP contribution in [0.5, 0.6) is 11.5 Å². The molecule has 0 atom stereocenters. The molecule has 0 aliphatic carbocycles. The summed E-state index contributed by atoms with van der Waals surface area (Å²) in [6, 6.07) is 1.21. The van der Waals surface area contributed by atoms with Gasteiger partial charge in [0.25, 0.3) is 10.0 Å². The number of carbonyl (C=O) groups is 1. The molecule has 0 spiro atoms. The van der Waals surface area contributed by atoms with Gasteiger partial charge in [-0.3, -0.25) is 0 Å². The molecule has 18 heavy (non-hydrogen) atoms. The molecule has 0 aromatic heterocycles. The second-order valence-corrected chi connectivity index (χ2v) is 4.87. The van der Waals surface area contributed by atoms with E-state index in [1.807, 2.05) is 0 Å². The molecule has 0 heterocycles. The van der Waals surface area contributed by atoms with E-state index in [-0.39, 0.29) is 22.1 Å². The molecule has 9 heteroatoms. The molecule has 0 fully saturated rings. The van der Waals surface area contributed by atoms with Crippen LogP contribution < -0.4 is 25.7 Å². The van der Waals surface area contributed by atoms with Crippen LogP contribution in [0.3, 0.4) is 0 Å². The van der Waals surface area contributed by atoms with Crippen LogP contribution in [0.25, 0.3) is 0 Å². The molecule has 0 aliphatic rings. The first-order valence-electron chi connectivity index (χ1n) is 4.65. The molecule has 0 saturated heterocycles. The van der Waals surface area contributed by atoms with Crippen LogP contribution >= 0.6 is 0 Å². The van der Waals surface area contributed by atoms with E-state index >= 15 is 0 Å². The molecule has 0 bridgehead atoms. The molecule has 1 rings (SSSR count). The average molecular weight is 275 g/mol. The van der Waals surface area contributed by atoms with Crippen molar-refractivity contribution in [1.82, 2.24) is 4.72 Å². The number of benzene rings is 1. The number of nitrogen functional groups attached to an aromatic ring is 1. The molecule has 0 unspecified atom stereocenters. The van der Waals surface area contributed by atoms with Gasteiger partial charge >= 0.3 is 6.03 Å². The van der Waals surface area contributed by atoms with E-state index in [0.717, 1.165) is 6.07 Å². The fourth-order valence-electron chi connectivity index (χ4n) is 1.29. The number of sulfonamides is 1. The molecule has 1 aromatic rings. The summed E-state index contributed by atoms with van der Waals surface area (Å²) < 4.78 is 35.0. The van der Waals surface area contributed by atoms with Gasteiger partial charge in [-0.1, -0.05) is 0 Å². The highest BCUT2D eigenvalue weighted by Gasteiger charge is 2.23. The Morgan fingerprint density at radius 1 is 1.22 bits per heavy atom. The molecular formula is C9H13N3O5S. The summed E-state index contributed by atoms with van der Waals surface area (Å²) in [7, 11) is -1.49. The Kier molecular flexibility index (Phi) is 3.86. The lowest BCUT2D eigenvalue weighted by atomic mass is 10.3. The number of nitrogens with two attached hydrogens (primary N) is 2. The number of urea groups is 1. The van der Waals surface area contributed by atoms with E-state index in [1.165, 1.54) is 20.3 Å². The lowest BCUT2D eigenvalue weighted by molar-refractivity contribution is 0.253. The second-order valence-electron chi connectivity index (χ2n) is 3.21. The van der Waals surface area contributed by atoms with E-state index in [1.54, 1.807) is 4.72 Å². The molecule has 100 valence electrons. The fraction of sp³-hybridized carbons (Fsp3) is 0.222. The maximum Gasteiger partial charge on any atom is 0.326 e. The first-order chi connectivity index (χ1) is 8.31. The van der Waals surface area contributed by atoms with Crippen molar-refractivity contribution in [2.75, 3.05) is 20.0 Å². The highest BCUT2D eigenvalue weighted by atomic mass is 32.2. The Morgan fingerprint density at radius 3 is 2.22 bits per heavy atom. The molecule has 0 radical (unpaired) electrons. The van der Waals surface area contributed by atoms with Crippen molar-refractivity contribution < 1.29 is 22.7 Å². The Labute approximate surface area is 104 Å². The maximum atomic E-state index is 11.8. The van der Waals surface area contributed by atoms with Crippen molar-refractivity contribution in [3.05, 3.63) is 12.1 Å². The van der Waals surface area contributed by atoms with E-state index < -0.39 is 16.1 Å². The zero-order valence-corrected chi connectivity index (χ0v) is 10.6. The van der Waals surface area contributed by atoms with Crippen LogP contribution in [-0.4, -0.2) is 28.7 Å². The van der Waals surface area contributed by atoms with E-state index in [9.17, 15) is 13.2 Å². The van der Waals surface area contributed by atoms with Crippen LogP contribution in [0.4, 0.5) is 10.5 Å². The number of nitrogens with one attached hydrogen (secondary N) is 1. The van der Waals surface area contributed by atoms with Gasteiger partial charge in [0.1, 0.15) is 16.4 Å². The summed E-state index contributed by atoms with van der Waals surface area (Å²) in [6.07, 6.45) is 0. The van der Waals surface area contributed by atoms with Crippen molar-refractivity contribution in [3.63, 3.8) is 0 Å². The Balaban J connectivity index is 3.40. The summed E-state index contributed by atoms with van der Waals surface area (Å²) in [5.74, 6) is 0.236.